The molecule has 1 atom stereocenters. The molecular formula is C9H8Cl3F. The maximum atomic E-state index is 12.3. The molecule has 0 spiro atoms. The van der Waals surface area contributed by atoms with Gasteiger partial charge >= 0.3 is 0 Å². The van der Waals surface area contributed by atoms with Crippen LogP contribution < -0.4 is 0 Å². The monoisotopic (exact) mass is 240 g/mol. The van der Waals surface area contributed by atoms with E-state index in [1.54, 1.807) is 19.1 Å². The van der Waals surface area contributed by atoms with Crippen LogP contribution in [0.25, 0.3) is 0 Å². The number of alkyl halides is 1. The van der Waals surface area contributed by atoms with Crippen molar-refractivity contribution in [2.24, 2.45) is 0 Å². The summed E-state index contributed by atoms with van der Waals surface area (Å²) in [6, 6.07) is 3.28. The van der Waals surface area contributed by atoms with Crippen LogP contribution in [0.3, 0.4) is 0 Å². The molecule has 0 radical (unpaired) electrons. The molecular weight excluding hydrogens is 233 g/mol. The molecule has 0 saturated carbocycles. The lowest BCUT2D eigenvalue weighted by molar-refractivity contribution is 0.447. The second-order valence-electron chi connectivity index (χ2n) is 2.85. The molecule has 0 aromatic heterocycles. The van der Waals surface area contributed by atoms with Gasteiger partial charge in [0.2, 0.25) is 0 Å². The first-order valence-electron chi connectivity index (χ1n) is 3.76. The lowest BCUT2D eigenvalue weighted by Crippen LogP contribution is -1.95. The van der Waals surface area contributed by atoms with Crippen LogP contribution in [0.1, 0.15) is 18.4 Å². The number of hydrogen-bond acceptors (Lipinski definition) is 0. The maximum Gasteiger partial charge on any atom is 0.0960 e. The fourth-order valence-electron chi connectivity index (χ4n) is 0.949. The summed E-state index contributed by atoms with van der Waals surface area (Å²) < 4.78 is 12.3. The van der Waals surface area contributed by atoms with Gasteiger partial charge in [-0.25, -0.2) is 0 Å². The van der Waals surface area contributed by atoms with E-state index in [1.165, 1.54) is 0 Å². The lowest BCUT2D eigenvalue weighted by Gasteiger charge is -2.09. The first-order valence-corrected chi connectivity index (χ1v) is 4.90. The summed E-state index contributed by atoms with van der Waals surface area (Å²) in [4.78, 5) is 0. The Hall–Kier alpha value is 0.0200. The first kappa shape index (κ1) is 11.1. The highest BCUT2D eigenvalue weighted by molar-refractivity contribution is 6.48. The van der Waals surface area contributed by atoms with Crippen molar-refractivity contribution in [3.63, 3.8) is 0 Å². The van der Waals surface area contributed by atoms with E-state index in [4.69, 9.17) is 34.8 Å². The Bertz CT molecular complexity index is 289. The molecule has 0 aliphatic heterocycles. The molecule has 0 aliphatic carbocycles. The van der Waals surface area contributed by atoms with Gasteiger partial charge in [-0.2, -0.15) is 0 Å². The van der Waals surface area contributed by atoms with Crippen molar-refractivity contribution in [3.8, 4) is 0 Å². The van der Waals surface area contributed by atoms with E-state index in [2.05, 4.69) is 0 Å². The third kappa shape index (κ3) is 2.49. The quantitative estimate of drug-likeness (QED) is 0.657. The molecule has 1 rings (SSSR count). The molecule has 0 amide bonds. The highest BCUT2D eigenvalue weighted by Gasteiger charge is 2.10. The molecule has 4 heteroatoms. The zero-order valence-corrected chi connectivity index (χ0v) is 9.22. The Labute approximate surface area is 91.6 Å². The van der Waals surface area contributed by atoms with Crippen molar-refractivity contribution in [2.75, 3.05) is 6.67 Å². The molecule has 0 heterocycles. The highest BCUT2D eigenvalue weighted by atomic mass is 35.5. The zero-order chi connectivity index (χ0) is 10.0. The van der Waals surface area contributed by atoms with Crippen molar-refractivity contribution >= 4 is 34.8 Å². The molecule has 0 bridgehead atoms. The smallest absolute Gasteiger partial charge is 0.0960 e. The van der Waals surface area contributed by atoms with Crippen LogP contribution in [0.4, 0.5) is 4.39 Å². The molecule has 1 aromatic carbocycles. The van der Waals surface area contributed by atoms with Gasteiger partial charge in [0.15, 0.2) is 0 Å². The van der Waals surface area contributed by atoms with Crippen LogP contribution in [0.2, 0.25) is 15.1 Å². The molecule has 1 aromatic rings. The molecule has 13 heavy (non-hydrogen) atoms. The second-order valence-corrected chi connectivity index (χ2v) is 4.05. The van der Waals surface area contributed by atoms with Crippen molar-refractivity contribution in [1.29, 1.82) is 0 Å². The van der Waals surface area contributed by atoms with Gasteiger partial charge in [-0.05, 0) is 17.7 Å². The summed E-state index contributed by atoms with van der Waals surface area (Å²) >= 11 is 17.3. The van der Waals surface area contributed by atoms with Crippen LogP contribution in [0.15, 0.2) is 12.1 Å². The van der Waals surface area contributed by atoms with Gasteiger partial charge in [-0.3, -0.25) is 4.39 Å². The van der Waals surface area contributed by atoms with Gasteiger partial charge in [0.25, 0.3) is 0 Å². The third-order valence-corrected chi connectivity index (χ3v) is 3.00. The van der Waals surface area contributed by atoms with Crippen LogP contribution in [-0.2, 0) is 0 Å². The zero-order valence-electron chi connectivity index (χ0n) is 6.95. The van der Waals surface area contributed by atoms with E-state index in [0.717, 1.165) is 5.56 Å². The predicted molar refractivity (Wildman–Crippen MR) is 55.9 cm³/mol. The van der Waals surface area contributed by atoms with Gasteiger partial charge in [0, 0.05) is 5.92 Å². The summed E-state index contributed by atoms with van der Waals surface area (Å²) in [6.07, 6.45) is 0. The number of halogens is 4. The van der Waals surface area contributed by atoms with Crippen molar-refractivity contribution in [2.45, 2.75) is 12.8 Å². The Morgan fingerprint density at radius 3 is 2.08 bits per heavy atom. The van der Waals surface area contributed by atoms with Gasteiger partial charge in [-0.1, -0.05) is 41.7 Å². The minimum absolute atomic E-state index is 0.202. The summed E-state index contributed by atoms with van der Waals surface area (Å²) in [5, 5.41) is 1.05. The summed E-state index contributed by atoms with van der Waals surface area (Å²) in [5.41, 5.74) is 0.766. The molecule has 0 fully saturated rings. The molecule has 0 aliphatic rings. The van der Waals surface area contributed by atoms with Crippen molar-refractivity contribution in [3.05, 3.63) is 32.8 Å². The van der Waals surface area contributed by atoms with Gasteiger partial charge < -0.3 is 0 Å². The lowest BCUT2D eigenvalue weighted by atomic mass is 10.0. The van der Waals surface area contributed by atoms with Crippen LogP contribution in [0, 0.1) is 0 Å². The summed E-state index contributed by atoms with van der Waals surface area (Å²) in [7, 11) is 0. The van der Waals surface area contributed by atoms with Crippen LogP contribution >= 0.6 is 34.8 Å². The number of rotatable bonds is 2. The Morgan fingerprint density at radius 2 is 1.69 bits per heavy atom. The average molecular weight is 242 g/mol. The molecule has 72 valence electrons. The number of hydrogen-bond donors (Lipinski definition) is 0. The van der Waals surface area contributed by atoms with E-state index in [1.807, 2.05) is 0 Å². The van der Waals surface area contributed by atoms with Gasteiger partial charge in [0.1, 0.15) is 0 Å². The Balaban J connectivity index is 3.13. The SMILES string of the molecule is CC(CF)c1cc(Cl)c(Cl)c(Cl)c1. The summed E-state index contributed by atoms with van der Waals surface area (Å²) in [6.45, 7) is 1.32. The molecule has 1 unspecified atom stereocenters. The van der Waals surface area contributed by atoms with Gasteiger partial charge in [-0.15, -0.1) is 0 Å². The topological polar surface area (TPSA) is 0 Å². The standard InChI is InChI=1S/C9H8Cl3F/c1-5(4-13)6-2-7(10)9(12)8(11)3-6/h2-3,5H,4H2,1H3. The Kier molecular flexibility index (Phi) is 3.84. The average Bonchev–Trinajstić information content (AvgIpc) is 2.12. The Morgan fingerprint density at radius 1 is 1.23 bits per heavy atom. The second kappa shape index (κ2) is 4.50. The maximum absolute atomic E-state index is 12.3. The highest BCUT2D eigenvalue weighted by Crippen LogP contribution is 2.33. The fourth-order valence-corrected chi connectivity index (χ4v) is 1.56. The largest absolute Gasteiger partial charge is 0.250 e. The van der Waals surface area contributed by atoms with Crippen molar-refractivity contribution in [1.82, 2.24) is 0 Å². The molecule has 0 N–H and O–H groups in total. The molecule has 0 nitrogen and oxygen atoms in total. The van der Waals surface area contributed by atoms with E-state index in [-0.39, 0.29) is 5.92 Å². The minimum atomic E-state index is -0.436. The van der Waals surface area contributed by atoms with Crippen LogP contribution in [-0.4, -0.2) is 6.67 Å². The van der Waals surface area contributed by atoms with Crippen molar-refractivity contribution < 1.29 is 4.39 Å². The fraction of sp³-hybridized carbons (Fsp3) is 0.333. The minimum Gasteiger partial charge on any atom is -0.250 e. The van der Waals surface area contributed by atoms with E-state index in [0.29, 0.717) is 15.1 Å². The van der Waals surface area contributed by atoms with E-state index < -0.39 is 6.67 Å². The normalized spacial score (nSPS) is 13.0. The number of benzene rings is 1. The van der Waals surface area contributed by atoms with E-state index in [9.17, 15) is 4.39 Å². The molecule has 0 saturated heterocycles. The predicted octanol–water partition coefficient (Wildman–Crippen LogP) is 4.72. The van der Waals surface area contributed by atoms with Gasteiger partial charge in [0.05, 0.1) is 21.7 Å². The van der Waals surface area contributed by atoms with E-state index >= 15 is 0 Å². The van der Waals surface area contributed by atoms with Crippen LogP contribution in [0.5, 0.6) is 0 Å². The third-order valence-electron chi connectivity index (χ3n) is 1.81. The summed E-state index contributed by atoms with van der Waals surface area (Å²) in [5.74, 6) is -0.202. The first-order chi connectivity index (χ1) is 6.06.